The molecule has 0 saturated heterocycles. The van der Waals surface area contributed by atoms with Crippen LogP contribution in [0, 0.1) is 0 Å². The van der Waals surface area contributed by atoms with Crippen LogP contribution in [0.25, 0.3) is 87.6 Å². The first-order chi connectivity index (χ1) is 24.1. The molecule has 0 spiro atoms. The summed E-state index contributed by atoms with van der Waals surface area (Å²) in [6.45, 7) is 4.77. The van der Waals surface area contributed by atoms with Gasteiger partial charge in [0, 0.05) is 5.41 Å². The molecule has 0 bridgehead atoms. The van der Waals surface area contributed by atoms with Gasteiger partial charge in [-0.25, -0.2) is 0 Å². The summed E-state index contributed by atoms with van der Waals surface area (Å²) in [6.07, 6.45) is 0. The van der Waals surface area contributed by atoms with Crippen molar-refractivity contribution in [2.45, 2.75) is 19.3 Å². The van der Waals surface area contributed by atoms with Gasteiger partial charge >= 0.3 is 0 Å². The van der Waals surface area contributed by atoms with E-state index in [1.165, 1.54) is 98.7 Å². The molecular weight excluding hydrogens is 589 g/mol. The second-order valence-electron chi connectivity index (χ2n) is 14.0. The molecule has 0 fully saturated rings. The second-order valence-corrected chi connectivity index (χ2v) is 14.0. The van der Waals surface area contributed by atoms with Gasteiger partial charge in [0.05, 0.1) is 0 Å². The van der Waals surface area contributed by atoms with Gasteiger partial charge < -0.3 is 0 Å². The summed E-state index contributed by atoms with van der Waals surface area (Å²) in [5.74, 6) is 0. The Morgan fingerprint density at radius 1 is 0.327 bits per heavy atom. The van der Waals surface area contributed by atoms with E-state index in [1.54, 1.807) is 0 Å². The molecule has 0 unspecified atom stereocenters. The summed E-state index contributed by atoms with van der Waals surface area (Å²) in [4.78, 5) is 0. The van der Waals surface area contributed by atoms with Gasteiger partial charge in [-0.15, -0.1) is 0 Å². The average molecular weight is 623 g/mol. The smallest absolute Gasteiger partial charge is 0.0165 e. The average Bonchev–Trinajstić information content (AvgIpc) is 3.39. The summed E-state index contributed by atoms with van der Waals surface area (Å²) < 4.78 is 0. The Morgan fingerprint density at radius 2 is 0.816 bits per heavy atom. The maximum absolute atomic E-state index is 2.43. The molecule has 1 aliphatic rings. The number of benzene rings is 9. The largest absolute Gasteiger partial charge is 0.0616 e. The molecule has 9 aromatic carbocycles. The lowest BCUT2D eigenvalue weighted by molar-refractivity contribution is 0.666. The van der Waals surface area contributed by atoms with Crippen LogP contribution < -0.4 is 0 Å². The first kappa shape index (κ1) is 28.1. The van der Waals surface area contributed by atoms with Gasteiger partial charge in [-0.05, 0) is 105 Å². The topological polar surface area (TPSA) is 0 Å². The van der Waals surface area contributed by atoms with E-state index in [0.717, 1.165) is 0 Å². The van der Waals surface area contributed by atoms with Crippen molar-refractivity contribution in [1.29, 1.82) is 0 Å². The minimum atomic E-state index is -0.0782. The Balaban J connectivity index is 1.12. The normalized spacial score (nSPS) is 13.3. The van der Waals surface area contributed by atoms with Crippen molar-refractivity contribution in [3.8, 4) is 44.5 Å². The fraction of sp³-hybridized carbons (Fsp3) is 0.0612. The van der Waals surface area contributed by atoms with Crippen molar-refractivity contribution in [1.82, 2.24) is 0 Å². The third kappa shape index (κ3) is 4.11. The summed E-state index contributed by atoms with van der Waals surface area (Å²) in [7, 11) is 0. The highest BCUT2D eigenvalue weighted by atomic mass is 14.4. The van der Waals surface area contributed by atoms with Crippen LogP contribution in [0.15, 0.2) is 170 Å². The van der Waals surface area contributed by atoms with Gasteiger partial charge in [-0.2, -0.15) is 0 Å². The van der Waals surface area contributed by atoms with Gasteiger partial charge in [0.25, 0.3) is 0 Å². The number of hydrogen-bond acceptors (Lipinski definition) is 0. The Bertz CT molecular complexity index is 2720. The molecular formula is C49H34. The molecule has 0 aliphatic heterocycles. The summed E-state index contributed by atoms with van der Waals surface area (Å²) in [5.41, 5.74) is 13.1. The SMILES string of the molecule is CC1(C)c2cc(-c3ccc(-c4c5ccccc5c(-c5cccc6ccccc56)c5ccccc45)cc3)ccc2-c2ccc3ccccc3c21. The predicted molar refractivity (Wildman–Crippen MR) is 210 cm³/mol. The first-order valence-corrected chi connectivity index (χ1v) is 17.3. The van der Waals surface area contributed by atoms with Gasteiger partial charge in [0.1, 0.15) is 0 Å². The lowest BCUT2D eigenvalue weighted by Gasteiger charge is -2.23. The van der Waals surface area contributed by atoms with Crippen LogP contribution in [-0.4, -0.2) is 0 Å². The Kier molecular flexibility index (Phi) is 6.02. The van der Waals surface area contributed by atoms with Gasteiger partial charge in [-0.1, -0.05) is 178 Å². The number of rotatable bonds is 3. The van der Waals surface area contributed by atoms with E-state index < -0.39 is 0 Å². The van der Waals surface area contributed by atoms with Crippen molar-refractivity contribution in [2.24, 2.45) is 0 Å². The van der Waals surface area contributed by atoms with Crippen molar-refractivity contribution < 1.29 is 0 Å². The molecule has 0 aromatic heterocycles. The molecule has 0 heteroatoms. The molecule has 0 radical (unpaired) electrons. The van der Waals surface area contributed by atoms with Crippen LogP contribution in [0.5, 0.6) is 0 Å². The lowest BCUT2D eigenvalue weighted by atomic mass is 9.79. The Labute approximate surface area is 286 Å². The fourth-order valence-electron chi connectivity index (χ4n) is 8.78. The van der Waals surface area contributed by atoms with Crippen molar-refractivity contribution in [3.05, 3.63) is 181 Å². The molecule has 10 rings (SSSR count). The van der Waals surface area contributed by atoms with E-state index in [2.05, 4.69) is 184 Å². The zero-order chi connectivity index (χ0) is 32.7. The monoisotopic (exact) mass is 622 g/mol. The second kappa shape index (κ2) is 10.5. The van der Waals surface area contributed by atoms with E-state index in [-0.39, 0.29) is 5.41 Å². The van der Waals surface area contributed by atoms with Gasteiger partial charge in [0.2, 0.25) is 0 Å². The number of hydrogen-bond donors (Lipinski definition) is 0. The highest BCUT2D eigenvalue weighted by molar-refractivity contribution is 6.23. The zero-order valence-electron chi connectivity index (χ0n) is 27.7. The lowest BCUT2D eigenvalue weighted by Crippen LogP contribution is -2.15. The molecule has 0 heterocycles. The van der Waals surface area contributed by atoms with Crippen LogP contribution in [0.2, 0.25) is 0 Å². The highest BCUT2D eigenvalue weighted by Gasteiger charge is 2.37. The van der Waals surface area contributed by atoms with Crippen LogP contribution in [0.1, 0.15) is 25.0 Å². The molecule has 230 valence electrons. The van der Waals surface area contributed by atoms with Gasteiger partial charge in [0.15, 0.2) is 0 Å². The molecule has 0 N–H and O–H groups in total. The maximum Gasteiger partial charge on any atom is 0.0165 e. The van der Waals surface area contributed by atoms with Crippen molar-refractivity contribution in [3.63, 3.8) is 0 Å². The molecule has 0 atom stereocenters. The zero-order valence-corrected chi connectivity index (χ0v) is 27.7. The van der Waals surface area contributed by atoms with E-state index >= 15 is 0 Å². The summed E-state index contributed by atoms with van der Waals surface area (Å²) in [5, 5.41) is 10.3. The molecule has 0 amide bonds. The molecule has 0 saturated carbocycles. The van der Waals surface area contributed by atoms with Crippen molar-refractivity contribution in [2.75, 3.05) is 0 Å². The maximum atomic E-state index is 2.43. The Morgan fingerprint density at radius 3 is 1.49 bits per heavy atom. The van der Waals surface area contributed by atoms with E-state index in [9.17, 15) is 0 Å². The van der Waals surface area contributed by atoms with Crippen LogP contribution >= 0.6 is 0 Å². The van der Waals surface area contributed by atoms with Crippen LogP contribution in [-0.2, 0) is 5.41 Å². The third-order valence-electron chi connectivity index (χ3n) is 11.0. The minimum absolute atomic E-state index is 0.0782. The quantitative estimate of drug-likeness (QED) is 0.172. The molecule has 0 nitrogen and oxygen atoms in total. The van der Waals surface area contributed by atoms with E-state index in [0.29, 0.717) is 0 Å². The molecule has 1 aliphatic carbocycles. The molecule has 49 heavy (non-hydrogen) atoms. The fourth-order valence-corrected chi connectivity index (χ4v) is 8.78. The first-order valence-electron chi connectivity index (χ1n) is 17.3. The Hall–Kier alpha value is -5.98. The minimum Gasteiger partial charge on any atom is -0.0616 e. The van der Waals surface area contributed by atoms with Crippen LogP contribution in [0.3, 0.4) is 0 Å². The van der Waals surface area contributed by atoms with E-state index in [1.807, 2.05) is 0 Å². The van der Waals surface area contributed by atoms with Crippen LogP contribution in [0.4, 0.5) is 0 Å². The van der Waals surface area contributed by atoms with Gasteiger partial charge in [-0.3, -0.25) is 0 Å². The standard InChI is InChI=1S/C49H34/c1-49(2)45-30-35(27-28-38(45)44-29-26-33-13-4-6-16-37(33)48(44)49)31-22-24-34(25-23-31)46-40-17-7-9-19-42(40)47(43-20-10-8-18-41(43)46)39-21-11-14-32-12-3-5-15-36(32)39/h3-30H,1-2H3. The predicted octanol–water partition coefficient (Wildman–Crippen LogP) is 13.6. The summed E-state index contributed by atoms with van der Waals surface area (Å²) >= 11 is 0. The van der Waals surface area contributed by atoms with E-state index in [4.69, 9.17) is 0 Å². The summed E-state index contributed by atoms with van der Waals surface area (Å²) in [6, 6.07) is 63.0. The van der Waals surface area contributed by atoms with Crippen molar-refractivity contribution >= 4 is 43.1 Å². The highest BCUT2D eigenvalue weighted by Crippen LogP contribution is 2.52. The number of fused-ring (bicyclic) bond motifs is 8. The third-order valence-corrected chi connectivity index (χ3v) is 11.0. The molecule has 9 aromatic rings.